The van der Waals surface area contributed by atoms with E-state index < -0.39 is 12.3 Å². The van der Waals surface area contributed by atoms with Gasteiger partial charge in [0.05, 0.1) is 0 Å². The number of anilines is 2. The van der Waals surface area contributed by atoms with Crippen molar-refractivity contribution in [3.05, 3.63) is 58.4 Å². The van der Waals surface area contributed by atoms with Gasteiger partial charge in [-0.15, -0.1) is 0 Å². The Labute approximate surface area is 188 Å². The number of carbonyl (C=O) groups excluding carboxylic acids is 1. The average Bonchev–Trinajstić information content (AvgIpc) is 2.76. The van der Waals surface area contributed by atoms with Gasteiger partial charge in [-0.2, -0.15) is 0 Å². The molecule has 0 unspecified atom stereocenters. The van der Waals surface area contributed by atoms with Crippen LogP contribution in [-0.2, 0) is 17.8 Å². The van der Waals surface area contributed by atoms with Crippen LogP contribution >= 0.6 is 0 Å². The maximum atomic E-state index is 13.5. The van der Waals surface area contributed by atoms with Crippen LogP contribution in [0.25, 0.3) is 0 Å². The molecule has 1 saturated carbocycles. The Balaban J connectivity index is 1.39. The largest absolute Gasteiger partial charge is 0.367 e. The molecule has 0 bridgehead atoms. The number of halogens is 3. The van der Waals surface area contributed by atoms with E-state index in [1.807, 2.05) is 19.9 Å². The first-order valence-corrected chi connectivity index (χ1v) is 11.5. The van der Waals surface area contributed by atoms with Gasteiger partial charge in [0.1, 0.15) is 5.82 Å². The Morgan fingerprint density at radius 1 is 1.06 bits per heavy atom. The Hall–Kier alpha value is -2.50. The summed E-state index contributed by atoms with van der Waals surface area (Å²) in [5, 5.41) is 3.06. The molecule has 1 fully saturated rings. The summed E-state index contributed by atoms with van der Waals surface area (Å²) in [5.74, 6) is -0.556. The van der Waals surface area contributed by atoms with E-state index in [0.717, 1.165) is 53.1 Å². The standard InChI is InChI=1S/C26H31F3N2O/c1-16-11-23(31-10-9-20-14-22(27)8-7-21(20)15-31)12-17(2)25(16)30-24(32)13-18-3-5-19(6-4-18)26(28)29/h7-8,11-12,14,18-19,26H,3-6,9-10,13,15H2,1-2H3,(H,30,32). The number of alkyl halides is 2. The van der Waals surface area contributed by atoms with Crippen molar-refractivity contribution in [2.45, 2.75) is 65.3 Å². The van der Waals surface area contributed by atoms with E-state index in [9.17, 15) is 18.0 Å². The molecule has 172 valence electrons. The molecule has 1 amide bonds. The van der Waals surface area contributed by atoms with Crippen molar-refractivity contribution in [1.29, 1.82) is 0 Å². The van der Waals surface area contributed by atoms with Crippen molar-refractivity contribution in [3.63, 3.8) is 0 Å². The summed E-state index contributed by atoms with van der Waals surface area (Å²) < 4.78 is 39.2. The highest BCUT2D eigenvalue weighted by Gasteiger charge is 2.28. The number of carbonyl (C=O) groups is 1. The summed E-state index contributed by atoms with van der Waals surface area (Å²) in [5.41, 5.74) is 6.14. The highest BCUT2D eigenvalue weighted by molar-refractivity contribution is 5.93. The molecule has 2 aromatic rings. The molecule has 1 heterocycles. The van der Waals surface area contributed by atoms with E-state index in [1.165, 1.54) is 6.07 Å². The van der Waals surface area contributed by atoms with Crippen molar-refractivity contribution in [1.82, 2.24) is 0 Å². The molecule has 6 heteroatoms. The Morgan fingerprint density at radius 2 is 1.75 bits per heavy atom. The van der Waals surface area contributed by atoms with E-state index in [1.54, 1.807) is 6.07 Å². The number of rotatable bonds is 5. The molecule has 1 aliphatic carbocycles. The van der Waals surface area contributed by atoms with E-state index in [2.05, 4.69) is 22.3 Å². The van der Waals surface area contributed by atoms with Gasteiger partial charge in [-0.25, -0.2) is 13.2 Å². The molecule has 2 aliphatic rings. The minimum Gasteiger partial charge on any atom is -0.367 e. The zero-order chi connectivity index (χ0) is 22.8. The van der Waals surface area contributed by atoms with Crippen molar-refractivity contribution in [3.8, 4) is 0 Å². The summed E-state index contributed by atoms with van der Waals surface area (Å²) in [7, 11) is 0. The molecule has 1 N–H and O–H groups in total. The van der Waals surface area contributed by atoms with Crippen LogP contribution in [0.4, 0.5) is 24.5 Å². The summed E-state index contributed by atoms with van der Waals surface area (Å²) in [6, 6.07) is 9.18. The molecular weight excluding hydrogens is 413 g/mol. The monoisotopic (exact) mass is 444 g/mol. The lowest BCUT2D eigenvalue weighted by Gasteiger charge is -2.32. The molecule has 0 spiro atoms. The number of nitrogens with one attached hydrogen (secondary N) is 1. The molecule has 0 aromatic heterocycles. The number of benzene rings is 2. The second-order valence-corrected chi connectivity index (χ2v) is 9.41. The van der Waals surface area contributed by atoms with Crippen LogP contribution in [0.1, 0.15) is 54.4 Å². The number of fused-ring (bicyclic) bond motifs is 1. The van der Waals surface area contributed by atoms with Gasteiger partial charge in [0, 0.05) is 36.8 Å². The number of hydrogen-bond donors (Lipinski definition) is 1. The molecule has 1 aliphatic heterocycles. The molecule has 3 nitrogen and oxygen atoms in total. The smallest absolute Gasteiger partial charge is 0.241 e. The maximum Gasteiger partial charge on any atom is 0.241 e. The lowest BCUT2D eigenvalue weighted by atomic mass is 9.80. The third-order valence-electron chi connectivity index (χ3n) is 7.05. The molecule has 4 rings (SSSR count). The Bertz CT molecular complexity index is 960. The molecule has 32 heavy (non-hydrogen) atoms. The number of nitrogens with zero attached hydrogens (tertiary/aromatic N) is 1. The first-order valence-electron chi connectivity index (χ1n) is 11.5. The quantitative estimate of drug-likeness (QED) is 0.578. The van der Waals surface area contributed by atoms with Gasteiger partial charge < -0.3 is 10.2 Å². The fraction of sp³-hybridized carbons (Fsp3) is 0.500. The summed E-state index contributed by atoms with van der Waals surface area (Å²) in [6.07, 6.45) is 1.34. The zero-order valence-electron chi connectivity index (χ0n) is 18.8. The molecular formula is C26H31F3N2O. The fourth-order valence-electron chi connectivity index (χ4n) is 5.16. The second kappa shape index (κ2) is 9.55. The minimum absolute atomic E-state index is 0.0432. The van der Waals surface area contributed by atoms with Gasteiger partial charge in [-0.3, -0.25) is 4.79 Å². The van der Waals surface area contributed by atoms with Gasteiger partial charge >= 0.3 is 0 Å². The van der Waals surface area contributed by atoms with Crippen LogP contribution in [0, 0.1) is 31.5 Å². The van der Waals surface area contributed by atoms with Gasteiger partial charge in [-0.1, -0.05) is 6.07 Å². The highest BCUT2D eigenvalue weighted by atomic mass is 19.3. The second-order valence-electron chi connectivity index (χ2n) is 9.41. The lowest BCUT2D eigenvalue weighted by Crippen LogP contribution is -2.30. The molecule has 0 radical (unpaired) electrons. The Kier molecular flexibility index (Phi) is 6.77. The molecule has 0 saturated heterocycles. The van der Waals surface area contributed by atoms with Crippen LogP contribution in [0.3, 0.4) is 0 Å². The number of amides is 1. The van der Waals surface area contributed by atoms with Crippen LogP contribution < -0.4 is 10.2 Å². The normalized spacial score (nSPS) is 20.9. The predicted molar refractivity (Wildman–Crippen MR) is 122 cm³/mol. The van der Waals surface area contributed by atoms with Crippen molar-refractivity contribution < 1.29 is 18.0 Å². The minimum atomic E-state index is -2.25. The van der Waals surface area contributed by atoms with Crippen LogP contribution in [-0.4, -0.2) is 18.9 Å². The first-order chi connectivity index (χ1) is 15.3. The predicted octanol–water partition coefficient (Wildman–Crippen LogP) is 6.41. The Morgan fingerprint density at radius 3 is 2.41 bits per heavy atom. The van der Waals surface area contributed by atoms with Crippen molar-refractivity contribution >= 4 is 17.3 Å². The van der Waals surface area contributed by atoms with Crippen LogP contribution in [0.5, 0.6) is 0 Å². The average molecular weight is 445 g/mol. The van der Waals surface area contributed by atoms with E-state index >= 15 is 0 Å². The summed E-state index contributed by atoms with van der Waals surface area (Å²) in [4.78, 5) is 14.9. The zero-order valence-corrected chi connectivity index (χ0v) is 18.8. The SMILES string of the molecule is Cc1cc(N2CCc3cc(F)ccc3C2)cc(C)c1NC(=O)CC1CCC(C(F)F)CC1. The van der Waals surface area contributed by atoms with Crippen LogP contribution in [0.15, 0.2) is 30.3 Å². The topological polar surface area (TPSA) is 32.3 Å². The van der Waals surface area contributed by atoms with Gasteiger partial charge in [0.15, 0.2) is 0 Å². The van der Waals surface area contributed by atoms with Crippen molar-refractivity contribution in [2.75, 3.05) is 16.8 Å². The summed E-state index contributed by atoms with van der Waals surface area (Å²) in [6.45, 7) is 5.55. The van der Waals surface area contributed by atoms with Gasteiger partial charge in [-0.05, 0) is 98.4 Å². The third kappa shape index (κ3) is 5.11. The number of aryl methyl sites for hydroxylation is 2. The van der Waals surface area contributed by atoms with E-state index in [0.29, 0.717) is 32.1 Å². The van der Waals surface area contributed by atoms with Crippen LogP contribution in [0.2, 0.25) is 0 Å². The third-order valence-corrected chi connectivity index (χ3v) is 7.05. The highest BCUT2D eigenvalue weighted by Crippen LogP contribution is 2.35. The summed E-state index contributed by atoms with van der Waals surface area (Å²) >= 11 is 0. The first kappa shape index (κ1) is 22.7. The van der Waals surface area contributed by atoms with Gasteiger partial charge in [0.2, 0.25) is 12.3 Å². The molecule has 2 aromatic carbocycles. The number of hydrogen-bond acceptors (Lipinski definition) is 2. The van der Waals surface area contributed by atoms with E-state index in [4.69, 9.17) is 0 Å². The van der Waals surface area contributed by atoms with Gasteiger partial charge in [0.25, 0.3) is 0 Å². The maximum absolute atomic E-state index is 13.5. The lowest BCUT2D eigenvalue weighted by molar-refractivity contribution is -0.117. The van der Waals surface area contributed by atoms with Crippen molar-refractivity contribution in [2.24, 2.45) is 11.8 Å². The van der Waals surface area contributed by atoms with E-state index in [-0.39, 0.29) is 17.6 Å². The molecule has 0 atom stereocenters. The fourth-order valence-corrected chi connectivity index (χ4v) is 5.16.